The van der Waals surface area contributed by atoms with Crippen molar-refractivity contribution in [2.45, 2.75) is 6.92 Å². The molecule has 0 radical (unpaired) electrons. The molecule has 0 atom stereocenters. The molecule has 0 aliphatic heterocycles. The summed E-state index contributed by atoms with van der Waals surface area (Å²) >= 11 is 9.16. The van der Waals surface area contributed by atoms with Gasteiger partial charge in [-0.15, -0.1) is 0 Å². The van der Waals surface area contributed by atoms with Crippen molar-refractivity contribution < 1.29 is 4.79 Å². The van der Waals surface area contributed by atoms with Crippen molar-refractivity contribution in [3.63, 3.8) is 0 Å². The molecule has 1 aromatic carbocycles. The third-order valence-electron chi connectivity index (χ3n) is 2.35. The lowest BCUT2D eigenvalue weighted by Gasteiger charge is -2.06. The van der Waals surface area contributed by atoms with Crippen LogP contribution < -0.4 is 5.32 Å². The fourth-order valence-corrected chi connectivity index (χ4v) is 1.88. The number of anilines is 1. The first kappa shape index (κ1) is 13.1. The molecule has 0 spiro atoms. The number of hydrogen-bond acceptors (Lipinski definition) is 2. The quantitative estimate of drug-likeness (QED) is 0.905. The van der Waals surface area contributed by atoms with E-state index in [-0.39, 0.29) is 5.91 Å². The monoisotopic (exact) mass is 324 g/mol. The summed E-state index contributed by atoms with van der Waals surface area (Å²) in [5.41, 5.74) is 2.10. The zero-order chi connectivity index (χ0) is 13.1. The van der Waals surface area contributed by atoms with Crippen LogP contribution in [0.4, 0.5) is 5.69 Å². The number of hydrogen-bond donors (Lipinski definition) is 1. The average molecular weight is 326 g/mol. The van der Waals surface area contributed by atoms with Crippen molar-refractivity contribution in [2.24, 2.45) is 0 Å². The number of benzene rings is 1. The van der Waals surface area contributed by atoms with Crippen LogP contribution in [0.25, 0.3) is 0 Å². The number of nitrogens with one attached hydrogen (secondary N) is 1. The minimum atomic E-state index is -0.196. The van der Waals surface area contributed by atoms with Gasteiger partial charge in [-0.1, -0.05) is 11.6 Å². The van der Waals surface area contributed by atoms with Crippen molar-refractivity contribution in [3.05, 3.63) is 57.3 Å². The van der Waals surface area contributed by atoms with E-state index in [1.807, 2.05) is 19.1 Å². The molecule has 1 amide bonds. The van der Waals surface area contributed by atoms with Gasteiger partial charge in [0.2, 0.25) is 0 Å². The molecule has 5 heteroatoms. The lowest BCUT2D eigenvalue weighted by molar-refractivity contribution is 0.102. The number of rotatable bonds is 2. The highest BCUT2D eigenvalue weighted by atomic mass is 79.9. The maximum Gasteiger partial charge on any atom is 0.255 e. The molecule has 0 bridgehead atoms. The predicted octanol–water partition coefficient (Wildman–Crippen LogP) is 4.06. The molecule has 2 rings (SSSR count). The second kappa shape index (κ2) is 5.50. The Morgan fingerprint density at radius 3 is 2.72 bits per heavy atom. The molecule has 0 aliphatic carbocycles. The molecular formula is C13H10BrClN2O. The topological polar surface area (TPSA) is 42.0 Å². The molecule has 0 fully saturated rings. The third-order valence-corrected chi connectivity index (χ3v) is 3.56. The SMILES string of the molecule is Cc1ccc(NC(=O)c2ccc(Cl)c(Br)c2)cn1. The smallest absolute Gasteiger partial charge is 0.255 e. The zero-order valence-corrected chi connectivity index (χ0v) is 11.9. The normalized spacial score (nSPS) is 10.2. The molecule has 18 heavy (non-hydrogen) atoms. The molecule has 0 unspecified atom stereocenters. The number of aromatic nitrogens is 1. The first-order valence-corrected chi connectivity index (χ1v) is 6.42. The minimum Gasteiger partial charge on any atom is -0.321 e. The number of pyridine rings is 1. The summed E-state index contributed by atoms with van der Waals surface area (Å²) in [6.07, 6.45) is 1.62. The molecule has 0 aliphatic rings. The van der Waals surface area contributed by atoms with Crippen molar-refractivity contribution in [1.29, 1.82) is 0 Å². The highest BCUT2D eigenvalue weighted by Crippen LogP contribution is 2.23. The van der Waals surface area contributed by atoms with Gasteiger partial charge in [-0.3, -0.25) is 9.78 Å². The van der Waals surface area contributed by atoms with Gasteiger partial charge in [0.25, 0.3) is 5.91 Å². The molecule has 2 aromatic rings. The van der Waals surface area contributed by atoms with Crippen LogP contribution in [0, 0.1) is 6.92 Å². The first-order valence-electron chi connectivity index (χ1n) is 5.25. The minimum absolute atomic E-state index is 0.196. The van der Waals surface area contributed by atoms with E-state index in [1.165, 1.54) is 0 Å². The number of halogens is 2. The fourth-order valence-electron chi connectivity index (χ4n) is 1.38. The Labute approximate surface area is 118 Å². The van der Waals surface area contributed by atoms with Gasteiger partial charge in [0, 0.05) is 15.7 Å². The van der Waals surface area contributed by atoms with E-state index in [2.05, 4.69) is 26.2 Å². The van der Waals surface area contributed by atoms with E-state index in [9.17, 15) is 4.79 Å². The molecule has 92 valence electrons. The second-order valence-electron chi connectivity index (χ2n) is 3.77. The standard InChI is InChI=1S/C13H10BrClN2O/c1-8-2-4-10(7-16-8)17-13(18)9-3-5-12(15)11(14)6-9/h2-7H,1H3,(H,17,18). The second-order valence-corrected chi connectivity index (χ2v) is 5.03. The lowest BCUT2D eigenvalue weighted by Crippen LogP contribution is -2.12. The molecule has 0 saturated heterocycles. The highest BCUT2D eigenvalue weighted by Gasteiger charge is 2.08. The maximum atomic E-state index is 12.0. The number of carbonyl (C=O) groups is 1. The summed E-state index contributed by atoms with van der Waals surface area (Å²) in [5, 5.41) is 3.34. The van der Waals surface area contributed by atoms with Crippen LogP contribution in [-0.4, -0.2) is 10.9 Å². The molecule has 3 nitrogen and oxygen atoms in total. The van der Waals surface area contributed by atoms with Gasteiger partial charge in [-0.2, -0.15) is 0 Å². The molecule has 1 heterocycles. The van der Waals surface area contributed by atoms with Crippen LogP contribution in [0.1, 0.15) is 16.1 Å². The summed E-state index contributed by atoms with van der Waals surface area (Å²) in [6.45, 7) is 1.89. The van der Waals surface area contributed by atoms with Gasteiger partial charge in [0.1, 0.15) is 0 Å². The van der Waals surface area contributed by atoms with Gasteiger partial charge in [0.15, 0.2) is 0 Å². The zero-order valence-electron chi connectivity index (χ0n) is 9.58. The number of aryl methyl sites for hydroxylation is 1. The van der Waals surface area contributed by atoms with E-state index in [4.69, 9.17) is 11.6 Å². The van der Waals surface area contributed by atoms with Gasteiger partial charge in [-0.05, 0) is 53.2 Å². The predicted molar refractivity (Wildman–Crippen MR) is 76.1 cm³/mol. The van der Waals surface area contributed by atoms with E-state index in [1.54, 1.807) is 24.4 Å². The summed E-state index contributed by atoms with van der Waals surface area (Å²) in [7, 11) is 0. The van der Waals surface area contributed by atoms with Crippen LogP contribution >= 0.6 is 27.5 Å². The highest BCUT2D eigenvalue weighted by molar-refractivity contribution is 9.10. The van der Waals surface area contributed by atoms with Gasteiger partial charge in [0.05, 0.1) is 16.9 Å². The van der Waals surface area contributed by atoms with Crippen LogP contribution in [0.5, 0.6) is 0 Å². The third kappa shape index (κ3) is 3.09. The largest absolute Gasteiger partial charge is 0.321 e. The summed E-state index contributed by atoms with van der Waals surface area (Å²) in [5.74, 6) is -0.196. The van der Waals surface area contributed by atoms with E-state index < -0.39 is 0 Å². The Bertz CT molecular complexity index is 584. The summed E-state index contributed by atoms with van der Waals surface area (Å²) < 4.78 is 0.693. The van der Waals surface area contributed by atoms with Crippen molar-refractivity contribution in [3.8, 4) is 0 Å². The van der Waals surface area contributed by atoms with E-state index >= 15 is 0 Å². The van der Waals surface area contributed by atoms with Crippen LogP contribution in [-0.2, 0) is 0 Å². The molecular weight excluding hydrogens is 316 g/mol. The Hall–Kier alpha value is -1.39. The fraction of sp³-hybridized carbons (Fsp3) is 0.0769. The summed E-state index contributed by atoms with van der Waals surface area (Å²) in [6, 6.07) is 8.68. The number of amides is 1. The Morgan fingerprint density at radius 1 is 1.33 bits per heavy atom. The average Bonchev–Trinajstić information content (AvgIpc) is 2.35. The van der Waals surface area contributed by atoms with Crippen LogP contribution in [0.2, 0.25) is 5.02 Å². The van der Waals surface area contributed by atoms with Crippen LogP contribution in [0.3, 0.4) is 0 Å². The van der Waals surface area contributed by atoms with Gasteiger partial charge in [-0.25, -0.2) is 0 Å². The van der Waals surface area contributed by atoms with E-state index in [0.29, 0.717) is 20.7 Å². The first-order chi connectivity index (χ1) is 8.56. The Balaban J connectivity index is 2.16. The number of nitrogens with zero attached hydrogens (tertiary/aromatic N) is 1. The van der Waals surface area contributed by atoms with Crippen molar-refractivity contribution in [1.82, 2.24) is 4.98 Å². The van der Waals surface area contributed by atoms with Gasteiger partial charge >= 0.3 is 0 Å². The lowest BCUT2D eigenvalue weighted by atomic mass is 10.2. The maximum absolute atomic E-state index is 12.0. The Morgan fingerprint density at radius 2 is 2.11 bits per heavy atom. The molecule has 0 saturated carbocycles. The van der Waals surface area contributed by atoms with Crippen LogP contribution in [0.15, 0.2) is 41.0 Å². The summed E-state index contributed by atoms with van der Waals surface area (Å²) in [4.78, 5) is 16.1. The Kier molecular flexibility index (Phi) is 3.99. The molecule has 1 aromatic heterocycles. The van der Waals surface area contributed by atoms with Crippen molar-refractivity contribution in [2.75, 3.05) is 5.32 Å². The van der Waals surface area contributed by atoms with E-state index in [0.717, 1.165) is 5.69 Å². The van der Waals surface area contributed by atoms with Crippen molar-refractivity contribution >= 4 is 39.1 Å². The van der Waals surface area contributed by atoms with Gasteiger partial charge < -0.3 is 5.32 Å². The number of carbonyl (C=O) groups excluding carboxylic acids is 1. The molecule has 1 N–H and O–H groups in total.